The van der Waals surface area contributed by atoms with Gasteiger partial charge in [0.05, 0.1) is 7.11 Å². The lowest BCUT2D eigenvalue weighted by atomic mass is 10.1. The fourth-order valence-corrected chi connectivity index (χ4v) is 1.43. The van der Waals surface area contributed by atoms with Crippen LogP contribution in [0.3, 0.4) is 0 Å². The molecule has 94 valence electrons. The normalized spacial score (nSPS) is 11.1. The number of rotatable bonds is 4. The number of benzene rings is 1. The molecule has 0 aliphatic carbocycles. The zero-order valence-electron chi connectivity index (χ0n) is 11.0. The number of ether oxygens (including phenoxy) is 2. The van der Waals surface area contributed by atoms with Crippen LogP contribution in [0.4, 0.5) is 5.69 Å². The van der Waals surface area contributed by atoms with E-state index < -0.39 is 5.60 Å². The molecule has 0 aliphatic heterocycles. The maximum Gasteiger partial charge on any atom is 0.258 e. The third-order valence-corrected chi connectivity index (χ3v) is 2.77. The number of likely N-dealkylation sites (N-methyl/N-ethyl adjacent to an activating group) is 1. The van der Waals surface area contributed by atoms with Crippen molar-refractivity contribution in [1.82, 2.24) is 0 Å². The minimum Gasteiger partial charge on any atom is -0.497 e. The van der Waals surface area contributed by atoms with Gasteiger partial charge in [-0.25, -0.2) is 0 Å². The van der Waals surface area contributed by atoms with Gasteiger partial charge in [-0.1, -0.05) is 6.07 Å². The van der Waals surface area contributed by atoms with Crippen LogP contribution in [0.2, 0.25) is 0 Å². The highest BCUT2D eigenvalue weighted by Gasteiger charge is 2.30. The molecule has 4 nitrogen and oxygen atoms in total. The Morgan fingerprint density at radius 2 is 1.94 bits per heavy atom. The maximum atomic E-state index is 12.2. The van der Waals surface area contributed by atoms with E-state index in [0.717, 1.165) is 11.4 Å². The van der Waals surface area contributed by atoms with E-state index in [1.807, 2.05) is 24.3 Å². The van der Waals surface area contributed by atoms with Crippen LogP contribution < -0.4 is 9.64 Å². The molecule has 0 saturated heterocycles. The Bertz CT molecular complexity index is 401. The van der Waals surface area contributed by atoms with E-state index >= 15 is 0 Å². The second-order valence-electron chi connectivity index (χ2n) is 4.28. The van der Waals surface area contributed by atoms with Crippen molar-refractivity contribution in [3.05, 3.63) is 24.3 Å². The van der Waals surface area contributed by atoms with Crippen LogP contribution in [-0.4, -0.2) is 32.8 Å². The molecule has 1 rings (SSSR count). The molecule has 0 aliphatic rings. The fraction of sp³-hybridized carbons (Fsp3) is 0.462. The first-order valence-electron chi connectivity index (χ1n) is 5.39. The van der Waals surface area contributed by atoms with Gasteiger partial charge in [-0.3, -0.25) is 4.79 Å². The molecular weight excluding hydrogens is 218 g/mol. The van der Waals surface area contributed by atoms with Crippen molar-refractivity contribution in [2.75, 3.05) is 26.2 Å². The van der Waals surface area contributed by atoms with Gasteiger partial charge >= 0.3 is 0 Å². The minimum atomic E-state index is -0.835. The number of hydrogen-bond donors (Lipinski definition) is 0. The molecule has 1 amide bonds. The predicted octanol–water partition coefficient (Wildman–Crippen LogP) is 2.08. The summed E-state index contributed by atoms with van der Waals surface area (Å²) < 4.78 is 10.3. The minimum absolute atomic E-state index is 0.103. The number of carbonyl (C=O) groups is 1. The summed E-state index contributed by atoms with van der Waals surface area (Å²) >= 11 is 0. The first kappa shape index (κ1) is 13.5. The highest BCUT2D eigenvalue weighted by molar-refractivity contribution is 5.98. The van der Waals surface area contributed by atoms with Gasteiger partial charge in [-0.05, 0) is 26.0 Å². The molecule has 4 heteroatoms. The number of methoxy groups -OCH3 is 2. The third kappa shape index (κ3) is 2.97. The van der Waals surface area contributed by atoms with Crippen LogP contribution in [0.5, 0.6) is 5.75 Å². The van der Waals surface area contributed by atoms with E-state index in [0.29, 0.717) is 0 Å². The zero-order chi connectivity index (χ0) is 13.1. The molecule has 17 heavy (non-hydrogen) atoms. The molecule has 1 aromatic rings. The Balaban J connectivity index is 2.96. The summed E-state index contributed by atoms with van der Waals surface area (Å²) in [7, 11) is 4.84. The summed E-state index contributed by atoms with van der Waals surface area (Å²) in [6.45, 7) is 3.48. The van der Waals surface area contributed by atoms with Crippen LogP contribution in [-0.2, 0) is 9.53 Å². The van der Waals surface area contributed by atoms with E-state index in [4.69, 9.17) is 9.47 Å². The SMILES string of the molecule is COc1cccc(N(C)C(=O)C(C)(C)OC)c1. The van der Waals surface area contributed by atoms with E-state index in [9.17, 15) is 4.79 Å². The predicted molar refractivity (Wildman–Crippen MR) is 67.5 cm³/mol. The smallest absolute Gasteiger partial charge is 0.258 e. The standard InChI is InChI=1S/C13H19NO3/c1-13(2,17-5)12(15)14(3)10-7-6-8-11(9-10)16-4/h6-9H,1-5H3. The summed E-state index contributed by atoms with van der Waals surface area (Å²) in [4.78, 5) is 13.7. The van der Waals surface area contributed by atoms with Crippen molar-refractivity contribution in [1.29, 1.82) is 0 Å². The lowest BCUT2D eigenvalue weighted by Crippen LogP contribution is -2.44. The zero-order valence-corrected chi connectivity index (χ0v) is 11.0. The van der Waals surface area contributed by atoms with Crippen molar-refractivity contribution in [2.45, 2.75) is 19.4 Å². The average Bonchev–Trinajstić information content (AvgIpc) is 2.37. The molecule has 0 fully saturated rings. The summed E-state index contributed by atoms with van der Waals surface area (Å²) in [6.07, 6.45) is 0. The first-order valence-corrected chi connectivity index (χ1v) is 5.39. The van der Waals surface area contributed by atoms with Crippen LogP contribution in [0.1, 0.15) is 13.8 Å². The summed E-state index contributed by atoms with van der Waals surface area (Å²) in [6, 6.07) is 7.34. The molecule has 0 heterocycles. The molecule has 0 spiro atoms. The van der Waals surface area contributed by atoms with Crippen LogP contribution in [0, 0.1) is 0 Å². The Morgan fingerprint density at radius 3 is 2.47 bits per heavy atom. The first-order chi connectivity index (χ1) is 7.92. The lowest BCUT2D eigenvalue weighted by molar-refractivity contribution is -0.136. The third-order valence-electron chi connectivity index (χ3n) is 2.77. The van der Waals surface area contributed by atoms with Crippen molar-refractivity contribution in [3.63, 3.8) is 0 Å². The molecule has 0 aromatic heterocycles. The Morgan fingerprint density at radius 1 is 1.29 bits per heavy atom. The fourth-order valence-electron chi connectivity index (χ4n) is 1.43. The van der Waals surface area contributed by atoms with E-state index in [-0.39, 0.29) is 5.91 Å². The Hall–Kier alpha value is -1.55. The number of amides is 1. The van der Waals surface area contributed by atoms with Gasteiger partial charge in [-0.2, -0.15) is 0 Å². The van der Waals surface area contributed by atoms with E-state index in [2.05, 4.69) is 0 Å². The lowest BCUT2D eigenvalue weighted by Gasteiger charge is -2.28. The van der Waals surface area contributed by atoms with Crippen molar-refractivity contribution in [3.8, 4) is 5.75 Å². The molecule has 0 atom stereocenters. The molecule has 0 radical (unpaired) electrons. The van der Waals surface area contributed by atoms with E-state index in [1.54, 1.807) is 32.9 Å². The quantitative estimate of drug-likeness (QED) is 0.804. The molecular formula is C13H19NO3. The second-order valence-corrected chi connectivity index (χ2v) is 4.28. The second kappa shape index (κ2) is 5.19. The topological polar surface area (TPSA) is 38.8 Å². The van der Waals surface area contributed by atoms with Gasteiger partial charge in [0.25, 0.3) is 5.91 Å². The number of anilines is 1. The molecule has 1 aromatic carbocycles. The maximum absolute atomic E-state index is 12.2. The van der Waals surface area contributed by atoms with Gasteiger partial charge < -0.3 is 14.4 Å². The highest BCUT2D eigenvalue weighted by atomic mass is 16.5. The number of nitrogens with zero attached hydrogens (tertiary/aromatic N) is 1. The highest BCUT2D eigenvalue weighted by Crippen LogP contribution is 2.22. The largest absolute Gasteiger partial charge is 0.497 e. The number of hydrogen-bond acceptors (Lipinski definition) is 3. The van der Waals surface area contributed by atoms with Gasteiger partial charge in [0.2, 0.25) is 0 Å². The average molecular weight is 237 g/mol. The van der Waals surface area contributed by atoms with Crippen molar-refractivity contribution < 1.29 is 14.3 Å². The van der Waals surface area contributed by atoms with Gasteiger partial charge in [0, 0.05) is 25.9 Å². The monoisotopic (exact) mass is 237 g/mol. The molecule has 0 N–H and O–H groups in total. The van der Waals surface area contributed by atoms with Gasteiger partial charge in [0.1, 0.15) is 11.4 Å². The Kier molecular flexibility index (Phi) is 4.12. The summed E-state index contributed by atoms with van der Waals surface area (Å²) in [5, 5.41) is 0. The van der Waals surface area contributed by atoms with Crippen LogP contribution in [0.25, 0.3) is 0 Å². The Labute approximate surface area is 102 Å². The van der Waals surface area contributed by atoms with Crippen LogP contribution >= 0.6 is 0 Å². The van der Waals surface area contributed by atoms with Crippen molar-refractivity contribution in [2.24, 2.45) is 0 Å². The number of carbonyl (C=O) groups excluding carboxylic acids is 1. The van der Waals surface area contributed by atoms with Crippen LogP contribution in [0.15, 0.2) is 24.3 Å². The molecule has 0 bridgehead atoms. The van der Waals surface area contributed by atoms with Crippen molar-refractivity contribution >= 4 is 11.6 Å². The molecule has 0 unspecified atom stereocenters. The summed E-state index contributed by atoms with van der Waals surface area (Å²) in [5.41, 5.74) is -0.0582. The molecule has 0 saturated carbocycles. The van der Waals surface area contributed by atoms with Gasteiger partial charge in [0.15, 0.2) is 0 Å². The summed E-state index contributed by atoms with van der Waals surface area (Å²) in [5.74, 6) is 0.616. The van der Waals surface area contributed by atoms with E-state index in [1.165, 1.54) is 7.11 Å². The van der Waals surface area contributed by atoms with Gasteiger partial charge in [-0.15, -0.1) is 0 Å².